The van der Waals surface area contributed by atoms with Gasteiger partial charge in [-0.3, -0.25) is 14.7 Å². The quantitative estimate of drug-likeness (QED) is 0.811. The summed E-state index contributed by atoms with van der Waals surface area (Å²) in [7, 11) is 3.57. The Labute approximate surface area is 155 Å². The fraction of sp³-hybridized carbons (Fsp3) is 0.632. The highest BCUT2D eigenvalue weighted by molar-refractivity contribution is 5.80. The lowest BCUT2D eigenvalue weighted by molar-refractivity contribution is -0.127. The normalized spacial score (nSPS) is 24.2. The molecule has 7 heteroatoms. The fourth-order valence-corrected chi connectivity index (χ4v) is 4.16. The lowest BCUT2D eigenvalue weighted by atomic mass is 9.86. The Morgan fingerprint density at radius 2 is 2.08 bits per heavy atom. The highest BCUT2D eigenvalue weighted by Crippen LogP contribution is 2.35. The van der Waals surface area contributed by atoms with E-state index < -0.39 is 0 Å². The number of nitrogens with zero attached hydrogens (tertiary/aromatic N) is 5. The molecule has 7 nitrogen and oxygen atoms in total. The summed E-state index contributed by atoms with van der Waals surface area (Å²) in [6.07, 6.45) is 4.18. The highest BCUT2D eigenvalue weighted by atomic mass is 16.2. The van der Waals surface area contributed by atoms with E-state index in [9.17, 15) is 9.59 Å². The molecule has 0 unspecified atom stereocenters. The monoisotopic (exact) mass is 359 g/mol. The van der Waals surface area contributed by atoms with Crippen LogP contribution in [0.3, 0.4) is 0 Å². The van der Waals surface area contributed by atoms with E-state index in [4.69, 9.17) is 0 Å². The molecule has 3 heterocycles. The molecule has 2 aliphatic heterocycles. The topological polar surface area (TPSA) is 60.0 Å². The number of carbonyl (C=O) groups excluding carboxylic acids is 2. The van der Waals surface area contributed by atoms with Gasteiger partial charge in [-0.05, 0) is 18.6 Å². The standard InChI is InChI=1S/C19H29N5O2/c1-4-23-14-19(10-17(23)25)13-22(12-16-6-5-7-20-11-16)8-9-24(15-19)18(26)21(2)3/h5-7,11H,4,8-10,12-15H2,1-3H3/t19-/m0/s1. The summed E-state index contributed by atoms with van der Waals surface area (Å²) in [4.78, 5) is 37.1. The van der Waals surface area contributed by atoms with Crippen molar-refractivity contribution < 1.29 is 9.59 Å². The second kappa shape index (κ2) is 7.61. The summed E-state index contributed by atoms with van der Waals surface area (Å²) in [5.74, 6) is 0.202. The second-order valence-electron chi connectivity index (χ2n) is 7.76. The van der Waals surface area contributed by atoms with E-state index in [1.165, 1.54) is 0 Å². The van der Waals surface area contributed by atoms with Crippen LogP contribution in [0, 0.1) is 5.41 Å². The molecule has 0 aliphatic carbocycles. The van der Waals surface area contributed by atoms with Gasteiger partial charge >= 0.3 is 6.03 Å². The summed E-state index contributed by atoms with van der Waals surface area (Å²) >= 11 is 0. The number of aromatic nitrogens is 1. The zero-order valence-corrected chi connectivity index (χ0v) is 16.0. The summed E-state index contributed by atoms with van der Waals surface area (Å²) in [6.45, 7) is 7.20. The van der Waals surface area contributed by atoms with Gasteiger partial charge in [0.2, 0.25) is 5.91 Å². The van der Waals surface area contributed by atoms with E-state index in [1.807, 2.05) is 29.0 Å². The maximum atomic E-state index is 12.6. The van der Waals surface area contributed by atoms with Gasteiger partial charge in [0.05, 0.1) is 0 Å². The first-order valence-corrected chi connectivity index (χ1v) is 9.28. The minimum Gasteiger partial charge on any atom is -0.342 e. The van der Waals surface area contributed by atoms with Gasteiger partial charge in [0.15, 0.2) is 0 Å². The summed E-state index contributed by atoms with van der Waals surface area (Å²) in [5.41, 5.74) is 0.962. The molecule has 0 aromatic carbocycles. The molecule has 1 spiro atoms. The predicted molar refractivity (Wildman–Crippen MR) is 99.5 cm³/mol. The van der Waals surface area contributed by atoms with E-state index in [2.05, 4.69) is 16.0 Å². The maximum absolute atomic E-state index is 12.6. The van der Waals surface area contributed by atoms with E-state index in [0.29, 0.717) is 19.5 Å². The average molecular weight is 359 g/mol. The Balaban J connectivity index is 1.82. The zero-order valence-electron chi connectivity index (χ0n) is 16.0. The largest absolute Gasteiger partial charge is 0.342 e. The highest BCUT2D eigenvalue weighted by Gasteiger charge is 2.46. The zero-order chi connectivity index (χ0) is 18.7. The van der Waals surface area contributed by atoms with Crippen LogP contribution in [-0.2, 0) is 11.3 Å². The molecule has 2 fully saturated rings. The van der Waals surface area contributed by atoms with Crippen LogP contribution in [0.15, 0.2) is 24.5 Å². The van der Waals surface area contributed by atoms with Gasteiger partial charge in [-0.2, -0.15) is 0 Å². The van der Waals surface area contributed by atoms with E-state index in [0.717, 1.165) is 38.3 Å². The first-order valence-electron chi connectivity index (χ1n) is 9.28. The smallest absolute Gasteiger partial charge is 0.319 e. The Kier molecular flexibility index (Phi) is 5.46. The van der Waals surface area contributed by atoms with Crippen molar-refractivity contribution in [2.24, 2.45) is 5.41 Å². The van der Waals surface area contributed by atoms with Crippen molar-refractivity contribution >= 4 is 11.9 Å². The number of hydrogen-bond donors (Lipinski definition) is 0. The molecule has 0 N–H and O–H groups in total. The van der Waals surface area contributed by atoms with Gasteiger partial charge in [0.1, 0.15) is 0 Å². The van der Waals surface area contributed by atoms with Crippen molar-refractivity contribution in [3.05, 3.63) is 30.1 Å². The third kappa shape index (κ3) is 3.98. The van der Waals surface area contributed by atoms with Gasteiger partial charge < -0.3 is 14.7 Å². The van der Waals surface area contributed by atoms with Crippen LogP contribution in [0.25, 0.3) is 0 Å². The van der Waals surface area contributed by atoms with E-state index in [-0.39, 0.29) is 17.4 Å². The third-order valence-electron chi connectivity index (χ3n) is 5.34. The average Bonchev–Trinajstić information content (AvgIpc) is 2.82. The molecule has 1 aromatic rings. The Morgan fingerprint density at radius 1 is 1.27 bits per heavy atom. The van der Waals surface area contributed by atoms with Crippen LogP contribution in [0.5, 0.6) is 0 Å². The molecule has 3 amide bonds. The molecular formula is C19H29N5O2. The van der Waals surface area contributed by atoms with Gasteiger partial charge in [-0.25, -0.2) is 4.79 Å². The number of pyridine rings is 1. The van der Waals surface area contributed by atoms with Crippen LogP contribution in [-0.4, -0.2) is 89.9 Å². The molecule has 0 radical (unpaired) electrons. The van der Waals surface area contributed by atoms with Crippen molar-refractivity contribution in [3.8, 4) is 0 Å². The molecule has 2 saturated heterocycles. The molecule has 1 atom stereocenters. The molecular weight excluding hydrogens is 330 g/mol. The van der Waals surface area contributed by atoms with Gasteiger partial charge in [-0.1, -0.05) is 6.07 Å². The van der Waals surface area contributed by atoms with Crippen LogP contribution < -0.4 is 0 Å². The van der Waals surface area contributed by atoms with Gasteiger partial charge in [0, 0.05) is 84.1 Å². The first-order chi connectivity index (χ1) is 12.4. The number of urea groups is 1. The Bertz CT molecular complexity index is 651. The van der Waals surface area contributed by atoms with Crippen LogP contribution in [0.2, 0.25) is 0 Å². The molecule has 0 saturated carbocycles. The van der Waals surface area contributed by atoms with Crippen molar-refractivity contribution in [1.82, 2.24) is 24.6 Å². The SMILES string of the molecule is CCN1C[C@]2(CC1=O)CN(Cc1cccnc1)CCN(C(=O)N(C)C)C2. The molecule has 142 valence electrons. The second-order valence-corrected chi connectivity index (χ2v) is 7.76. The van der Waals surface area contributed by atoms with Crippen LogP contribution in [0.1, 0.15) is 18.9 Å². The number of hydrogen-bond acceptors (Lipinski definition) is 4. The fourth-order valence-electron chi connectivity index (χ4n) is 4.16. The lowest BCUT2D eigenvalue weighted by Gasteiger charge is -2.34. The van der Waals surface area contributed by atoms with E-state index in [1.54, 1.807) is 25.2 Å². The minimum atomic E-state index is -0.197. The van der Waals surface area contributed by atoms with Gasteiger partial charge in [0.25, 0.3) is 0 Å². The molecule has 2 aliphatic rings. The molecule has 26 heavy (non-hydrogen) atoms. The van der Waals surface area contributed by atoms with Gasteiger partial charge in [-0.15, -0.1) is 0 Å². The van der Waals surface area contributed by atoms with Crippen molar-refractivity contribution in [2.45, 2.75) is 19.9 Å². The van der Waals surface area contributed by atoms with Crippen molar-refractivity contribution in [2.75, 3.05) is 53.4 Å². The van der Waals surface area contributed by atoms with Crippen LogP contribution in [0.4, 0.5) is 4.79 Å². The van der Waals surface area contributed by atoms with Crippen molar-refractivity contribution in [1.29, 1.82) is 0 Å². The van der Waals surface area contributed by atoms with Crippen LogP contribution >= 0.6 is 0 Å². The number of rotatable bonds is 3. The molecule has 1 aromatic heterocycles. The predicted octanol–water partition coefficient (Wildman–Crippen LogP) is 1.12. The summed E-state index contributed by atoms with van der Waals surface area (Å²) in [5, 5.41) is 0. The number of likely N-dealkylation sites (tertiary alicyclic amines) is 1. The lowest BCUT2D eigenvalue weighted by Crippen LogP contribution is -2.47. The molecule has 0 bridgehead atoms. The van der Waals surface area contributed by atoms with Crippen molar-refractivity contribution in [3.63, 3.8) is 0 Å². The first kappa shape index (κ1) is 18.6. The summed E-state index contributed by atoms with van der Waals surface area (Å²) in [6, 6.07) is 4.05. The Hall–Kier alpha value is -2.15. The Morgan fingerprint density at radius 3 is 2.69 bits per heavy atom. The van der Waals surface area contributed by atoms with E-state index >= 15 is 0 Å². The third-order valence-corrected chi connectivity index (χ3v) is 5.34. The number of amides is 3. The maximum Gasteiger partial charge on any atom is 0.319 e. The minimum absolute atomic E-state index is 0.0231. The molecule has 3 rings (SSSR count). The summed E-state index contributed by atoms with van der Waals surface area (Å²) < 4.78 is 0. The number of carbonyl (C=O) groups is 2.